The van der Waals surface area contributed by atoms with E-state index in [4.69, 9.17) is 0 Å². The van der Waals surface area contributed by atoms with Crippen molar-refractivity contribution in [2.24, 2.45) is 0 Å². The lowest BCUT2D eigenvalue weighted by Crippen LogP contribution is -2.16. The first kappa shape index (κ1) is 12.3. The molecule has 0 heterocycles. The Morgan fingerprint density at radius 3 is 2.33 bits per heavy atom. The summed E-state index contributed by atoms with van der Waals surface area (Å²) in [4.78, 5) is 12.3. The van der Waals surface area contributed by atoms with Crippen molar-refractivity contribution in [1.29, 1.82) is 0 Å². The van der Waals surface area contributed by atoms with Crippen molar-refractivity contribution in [1.82, 2.24) is 0 Å². The third-order valence-electron chi connectivity index (χ3n) is 2.57. The average molecular weight is 241 g/mol. The summed E-state index contributed by atoms with van der Waals surface area (Å²) in [5, 5.41) is 12.2. The van der Waals surface area contributed by atoms with Gasteiger partial charge in [-0.3, -0.25) is 4.79 Å². The van der Waals surface area contributed by atoms with Gasteiger partial charge >= 0.3 is 0 Å². The molecule has 0 aliphatic heterocycles. The molecule has 2 aromatic rings. The van der Waals surface area contributed by atoms with Crippen LogP contribution in [0.15, 0.2) is 54.6 Å². The number of ketones is 1. The lowest BCUT2D eigenvalue weighted by molar-refractivity contribution is 0.103. The molecule has 2 rings (SSSR count). The zero-order valence-electron chi connectivity index (χ0n) is 10.1. The van der Waals surface area contributed by atoms with E-state index in [0.29, 0.717) is 16.8 Å². The normalized spacial score (nSPS) is 11.9. The molecule has 0 amide bonds. The highest BCUT2D eigenvalue weighted by Crippen LogP contribution is 2.19. The zero-order valence-corrected chi connectivity index (χ0v) is 10.1. The molecular formula is C15H15NO2. The summed E-state index contributed by atoms with van der Waals surface area (Å²) >= 11 is 0. The molecular weight excluding hydrogens is 226 g/mol. The van der Waals surface area contributed by atoms with Gasteiger partial charge in [0, 0.05) is 16.8 Å². The number of aliphatic hydroxyl groups is 1. The zero-order chi connectivity index (χ0) is 13.0. The predicted octanol–water partition coefficient (Wildman–Crippen LogP) is 2.67. The number of rotatable bonds is 4. The van der Waals surface area contributed by atoms with Crippen molar-refractivity contribution < 1.29 is 9.90 Å². The van der Waals surface area contributed by atoms with Crippen LogP contribution in [0.2, 0.25) is 0 Å². The topological polar surface area (TPSA) is 49.3 Å². The highest BCUT2D eigenvalue weighted by atomic mass is 16.3. The summed E-state index contributed by atoms with van der Waals surface area (Å²) in [5.74, 6) is -0.0562. The molecule has 92 valence electrons. The molecule has 0 aromatic heterocycles. The second-order valence-electron chi connectivity index (χ2n) is 4.06. The number of hydrogen-bond donors (Lipinski definition) is 2. The minimum Gasteiger partial charge on any atom is -0.374 e. The Morgan fingerprint density at radius 2 is 1.67 bits per heavy atom. The van der Waals surface area contributed by atoms with Gasteiger partial charge in [0.05, 0.1) is 0 Å². The summed E-state index contributed by atoms with van der Waals surface area (Å²) in [5.41, 5.74) is 1.84. The Kier molecular flexibility index (Phi) is 3.75. The lowest BCUT2D eigenvalue weighted by Gasteiger charge is -2.13. The van der Waals surface area contributed by atoms with Gasteiger partial charge in [-0.05, 0) is 19.1 Å². The maximum absolute atomic E-state index is 12.3. The summed E-state index contributed by atoms with van der Waals surface area (Å²) in [7, 11) is 0. The van der Waals surface area contributed by atoms with E-state index in [2.05, 4.69) is 5.32 Å². The number of carbonyl (C=O) groups excluding carboxylic acids is 1. The molecule has 0 saturated carbocycles. The number of benzene rings is 2. The number of aliphatic hydroxyl groups excluding tert-OH is 1. The molecule has 0 aliphatic carbocycles. The molecule has 3 nitrogen and oxygen atoms in total. The van der Waals surface area contributed by atoms with Gasteiger partial charge in [0.25, 0.3) is 0 Å². The van der Waals surface area contributed by atoms with Crippen LogP contribution >= 0.6 is 0 Å². The van der Waals surface area contributed by atoms with Crippen molar-refractivity contribution in [2.75, 3.05) is 5.32 Å². The van der Waals surface area contributed by atoms with Gasteiger partial charge in [0.1, 0.15) is 6.23 Å². The minimum absolute atomic E-state index is 0.0562. The van der Waals surface area contributed by atoms with E-state index in [9.17, 15) is 9.90 Å². The fraction of sp³-hybridized carbons (Fsp3) is 0.133. The van der Waals surface area contributed by atoms with Crippen LogP contribution in [0.5, 0.6) is 0 Å². The Labute approximate surface area is 106 Å². The van der Waals surface area contributed by atoms with Crippen LogP contribution < -0.4 is 5.32 Å². The monoisotopic (exact) mass is 241 g/mol. The molecule has 0 saturated heterocycles. The van der Waals surface area contributed by atoms with Gasteiger partial charge in [-0.2, -0.15) is 0 Å². The molecule has 0 radical (unpaired) electrons. The predicted molar refractivity (Wildman–Crippen MR) is 71.6 cm³/mol. The Balaban J connectivity index is 2.36. The van der Waals surface area contributed by atoms with Crippen LogP contribution in [-0.2, 0) is 0 Å². The van der Waals surface area contributed by atoms with Crippen LogP contribution in [-0.4, -0.2) is 17.1 Å². The van der Waals surface area contributed by atoms with Gasteiger partial charge in [0.15, 0.2) is 5.78 Å². The largest absolute Gasteiger partial charge is 0.374 e. The van der Waals surface area contributed by atoms with Crippen LogP contribution in [0.3, 0.4) is 0 Å². The second-order valence-corrected chi connectivity index (χ2v) is 4.06. The third kappa shape index (κ3) is 2.76. The first-order chi connectivity index (χ1) is 8.68. The summed E-state index contributed by atoms with van der Waals surface area (Å²) in [6.45, 7) is 1.61. The van der Waals surface area contributed by atoms with Crippen LogP contribution in [0.1, 0.15) is 22.8 Å². The molecule has 18 heavy (non-hydrogen) atoms. The SMILES string of the molecule is CC(O)Nc1ccccc1C(=O)c1ccccc1. The van der Waals surface area contributed by atoms with Crippen molar-refractivity contribution in [3.8, 4) is 0 Å². The van der Waals surface area contributed by atoms with E-state index in [1.165, 1.54) is 0 Å². The lowest BCUT2D eigenvalue weighted by atomic mass is 10.0. The molecule has 2 N–H and O–H groups in total. The summed E-state index contributed by atoms with van der Waals surface area (Å²) in [6.07, 6.45) is -0.699. The van der Waals surface area contributed by atoms with E-state index < -0.39 is 6.23 Å². The van der Waals surface area contributed by atoms with Gasteiger partial charge in [-0.15, -0.1) is 0 Å². The molecule has 2 aromatic carbocycles. The Hall–Kier alpha value is -2.13. The molecule has 0 aliphatic rings. The number of carbonyl (C=O) groups is 1. The first-order valence-corrected chi connectivity index (χ1v) is 5.82. The van der Waals surface area contributed by atoms with Crippen molar-refractivity contribution in [3.05, 3.63) is 65.7 Å². The minimum atomic E-state index is -0.699. The summed E-state index contributed by atoms with van der Waals surface area (Å²) < 4.78 is 0. The van der Waals surface area contributed by atoms with Crippen LogP contribution in [0.4, 0.5) is 5.69 Å². The Bertz CT molecular complexity index is 535. The fourth-order valence-corrected chi connectivity index (χ4v) is 1.78. The van der Waals surface area contributed by atoms with Gasteiger partial charge in [-0.25, -0.2) is 0 Å². The maximum atomic E-state index is 12.3. The van der Waals surface area contributed by atoms with Gasteiger partial charge in [-0.1, -0.05) is 42.5 Å². The van der Waals surface area contributed by atoms with Gasteiger partial charge < -0.3 is 10.4 Å². The fourth-order valence-electron chi connectivity index (χ4n) is 1.78. The molecule has 0 fully saturated rings. The number of anilines is 1. The molecule has 1 atom stereocenters. The van der Waals surface area contributed by atoms with Crippen molar-refractivity contribution in [2.45, 2.75) is 13.2 Å². The number of hydrogen-bond acceptors (Lipinski definition) is 3. The molecule has 0 bridgehead atoms. The van der Waals surface area contributed by atoms with Gasteiger partial charge in [0.2, 0.25) is 0 Å². The van der Waals surface area contributed by atoms with Crippen molar-refractivity contribution >= 4 is 11.5 Å². The maximum Gasteiger partial charge on any atom is 0.195 e. The van der Waals surface area contributed by atoms with E-state index >= 15 is 0 Å². The van der Waals surface area contributed by atoms with Crippen LogP contribution in [0, 0.1) is 0 Å². The standard InChI is InChI=1S/C15H15NO2/c1-11(17)16-14-10-6-5-9-13(14)15(18)12-7-3-2-4-8-12/h2-11,16-17H,1H3. The summed E-state index contributed by atoms with van der Waals surface area (Å²) in [6, 6.07) is 16.3. The van der Waals surface area contributed by atoms with E-state index in [-0.39, 0.29) is 5.78 Å². The number of para-hydroxylation sites is 1. The Morgan fingerprint density at radius 1 is 1.06 bits per heavy atom. The van der Waals surface area contributed by atoms with Crippen LogP contribution in [0.25, 0.3) is 0 Å². The highest BCUT2D eigenvalue weighted by Gasteiger charge is 2.13. The third-order valence-corrected chi connectivity index (χ3v) is 2.57. The van der Waals surface area contributed by atoms with E-state index in [0.717, 1.165) is 0 Å². The second kappa shape index (κ2) is 5.47. The number of nitrogens with one attached hydrogen (secondary N) is 1. The van der Waals surface area contributed by atoms with Crippen molar-refractivity contribution in [3.63, 3.8) is 0 Å². The smallest absolute Gasteiger partial charge is 0.195 e. The first-order valence-electron chi connectivity index (χ1n) is 5.82. The highest BCUT2D eigenvalue weighted by molar-refractivity contribution is 6.12. The van der Waals surface area contributed by atoms with E-state index in [1.807, 2.05) is 30.3 Å². The van der Waals surface area contributed by atoms with E-state index in [1.54, 1.807) is 31.2 Å². The molecule has 3 heteroatoms. The quantitative estimate of drug-likeness (QED) is 0.639. The molecule has 1 unspecified atom stereocenters. The molecule has 0 spiro atoms. The average Bonchev–Trinajstić information content (AvgIpc) is 2.39.